The Bertz CT molecular complexity index is 1140. The Balaban J connectivity index is 1.66. The number of carboxylic acid groups (broad SMARTS) is 1. The summed E-state index contributed by atoms with van der Waals surface area (Å²) in [4.78, 5) is 16.9. The normalized spacial score (nSPS) is 13.5. The van der Waals surface area contributed by atoms with Crippen LogP contribution < -0.4 is 4.74 Å². The van der Waals surface area contributed by atoms with Crippen molar-refractivity contribution >= 4 is 17.3 Å². The molecule has 1 heterocycles. The average Bonchev–Trinajstić information content (AvgIpc) is 3.12. The molecule has 34 heavy (non-hydrogen) atoms. The predicted octanol–water partition coefficient (Wildman–Crippen LogP) is 7.11. The van der Waals surface area contributed by atoms with Crippen LogP contribution in [0.15, 0.2) is 42.5 Å². The summed E-state index contributed by atoms with van der Waals surface area (Å²) >= 11 is 1.45. The van der Waals surface area contributed by atoms with E-state index in [2.05, 4.69) is 4.98 Å². The molecule has 0 saturated carbocycles. The van der Waals surface area contributed by atoms with E-state index in [0.29, 0.717) is 35.6 Å². The van der Waals surface area contributed by atoms with E-state index in [1.165, 1.54) is 23.5 Å². The van der Waals surface area contributed by atoms with Crippen molar-refractivity contribution < 1.29 is 27.8 Å². The van der Waals surface area contributed by atoms with Gasteiger partial charge in [0.25, 0.3) is 0 Å². The second kappa shape index (κ2) is 10.6. The summed E-state index contributed by atoms with van der Waals surface area (Å²) in [5.74, 6) is -0.480. The molecule has 3 rings (SSSR count). The maximum atomic E-state index is 12.8. The molecule has 2 aromatic carbocycles. The third-order valence-corrected chi connectivity index (χ3v) is 7.01. The Kier molecular flexibility index (Phi) is 8.02. The van der Waals surface area contributed by atoms with Gasteiger partial charge in [0.2, 0.25) is 0 Å². The molecule has 0 amide bonds. The topological polar surface area (TPSA) is 59.4 Å². The quantitative estimate of drug-likeness (QED) is 0.347. The Morgan fingerprint density at radius 2 is 1.79 bits per heavy atom. The summed E-state index contributed by atoms with van der Waals surface area (Å²) < 4.78 is 44.5. The molecule has 182 valence electrons. The second-order valence-electron chi connectivity index (χ2n) is 8.47. The lowest BCUT2D eigenvalue weighted by molar-refractivity contribution is -0.141. The summed E-state index contributed by atoms with van der Waals surface area (Å²) in [7, 11) is 0. The zero-order valence-corrected chi connectivity index (χ0v) is 20.4. The molecule has 1 aromatic heterocycles. The number of nitrogens with zero attached hydrogens (tertiary/aromatic N) is 1. The summed E-state index contributed by atoms with van der Waals surface area (Å²) in [6.07, 6.45) is -2.83. The van der Waals surface area contributed by atoms with E-state index in [-0.39, 0.29) is 6.10 Å². The first-order valence-electron chi connectivity index (χ1n) is 11.1. The first-order chi connectivity index (χ1) is 16.0. The molecule has 0 fully saturated rings. The fraction of sp³-hybridized carbons (Fsp3) is 0.385. The average molecular weight is 492 g/mol. The highest BCUT2D eigenvalue weighted by atomic mass is 32.1. The summed E-state index contributed by atoms with van der Waals surface area (Å²) in [6, 6.07) is 10.7. The van der Waals surface area contributed by atoms with Crippen molar-refractivity contribution in [3.8, 4) is 16.3 Å². The summed E-state index contributed by atoms with van der Waals surface area (Å²) in [5, 5.41) is 9.98. The van der Waals surface area contributed by atoms with Gasteiger partial charge < -0.3 is 9.84 Å². The fourth-order valence-corrected chi connectivity index (χ4v) is 4.90. The van der Waals surface area contributed by atoms with Gasteiger partial charge in [0.1, 0.15) is 16.9 Å². The predicted molar refractivity (Wildman–Crippen MR) is 127 cm³/mol. The van der Waals surface area contributed by atoms with Crippen molar-refractivity contribution in [1.29, 1.82) is 0 Å². The number of aromatic nitrogens is 1. The molecule has 3 aromatic rings. The van der Waals surface area contributed by atoms with Gasteiger partial charge in [-0.15, -0.1) is 11.3 Å². The van der Waals surface area contributed by atoms with E-state index < -0.39 is 23.6 Å². The van der Waals surface area contributed by atoms with Crippen LogP contribution in [0.5, 0.6) is 5.75 Å². The standard InChI is InChI=1S/C26H28F3NO3S/c1-5-18(25(31)32)14-20-8-11-22(12-15(20)2)33-16(3)13-23-17(4)30-24(34-23)19-6-9-21(10-7-19)26(27,28)29/h6-12,16,18H,5,13-14H2,1-4H3,(H,31,32). The van der Waals surface area contributed by atoms with Gasteiger partial charge in [-0.25, -0.2) is 4.98 Å². The van der Waals surface area contributed by atoms with E-state index in [4.69, 9.17) is 4.74 Å². The molecule has 0 aliphatic rings. The third-order valence-electron chi connectivity index (χ3n) is 5.78. The number of aliphatic carboxylic acids is 1. The van der Waals surface area contributed by atoms with Gasteiger partial charge in [-0.2, -0.15) is 13.2 Å². The minimum absolute atomic E-state index is 0.146. The van der Waals surface area contributed by atoms with Crippen molar-refractivity contribution in [3.63, 3.8) is 0 Å². The first-order valence-corrected chi connectivity index (χ1v) is 11.9. The van der Waals surface area contributed by atoms with Gasteiger partial charge in [-0.3, -0.25) is 4.79 Å². The van der Waals surface area contributed by atoms with Crippen LogP contribution in [0.4, 0.5) is 13.2 Å². The minimum Gasteiger partial charge on any atom is -0.490 e. The Hall–Kier alpha value is -2.87. The van der Waals surface area contributed by atoms with Crippen molar-refractivity contribution in [2.45, 2.75) is 59.2 Å². The number of halogens is 3. The molecule has 8 heteroatoms. The minimum atomic E-state index is -4.36. The molecule has 1 N–H and O–H groups in total. The zero-order chi connectivity index (χ0) is 25.0. The highest BCUT2D eigenvalue weighted by Gasteiger charge is 2.30. The monoisotopic (exact) mass is 491 g/mol. The lowest BCUT2D eigenvalue weighted by Crippen LogP contribution is -2.17. The molecular formula is C26H28F3NO3S. The molecule has 4 nitrogen and oxygen atoms in total. The van der Waals surface area contributed by atoms with Crippen LogP contribution >= 0.6 is 11.3 Å². The van der Waals surface area contributed by atoms with Crippen LogP contribution in [0.2, 0.25) is 0 Å². The van der Waals surface area contributed by atoms with Crippen LogP contribution in [0.1, 0.15) is 47.5 Å². The number of alkyl halides is 3. The van der Waals surface area contributed by atoms with E-state index in [1.807, 2.05) is 45.9 Å². The molecule has 2 atom stereocenters. The van der Waals surface area contributed by atoms with Crippen molar-refractivity contribution in [2.24, 2.45) is 5.92 Å². The number of ether oxygens (including phenoxy) is 1. The molecular weight excluding hydrogens is 463 g/mol. The Labute approximate surface area is 201 Å². The van der Waals surface area contributed by atoms with Gasteiger partial charge in [0.15, 0.2) is 0 Å². The van der Waals surface area contributed by atoms with E-state index in [0.717, 1.165) is 33.8 Å². The second-order valence-corrected chi connectivity index (χ2v) is 9.55. The Morgan fingerprint density at radius 3 is 2.35 bits per heavy atom. The van der Waals surface area contributed by atoms with Crippen molar-refractivity contribution in [3.05, 3.63) is 69.7 Å². The number of rotatable bonds is 9. The molecule has 2 unspecified atom stereocenters. The maximum Gasteiger partial charge on any atom is 0.416 e. The highest BCUT2D eigenvalue weighted by molar-refractivity contribution is 7.15. The van der Waals surface area contributed by atoms with Gasteiger partial charge in [0.05, 0.1) is 17.2 Å². The SMILES string of the molecule is CCC(Cc1ccc(OC(C)Cc2sc(-c3ccc(C(F)(F)F)cc3)nc2C)cc1C)C(=O)O. The fourth-order valence-electron chi connectivity index (χ4n) is 3.72. The molecule has 0 radical (unpaired) electrons. The smallest absolute Gasteiger partial charge is 0.416 e. The third kappa shape index (κ3) is 6.38. The first kappa shape index (κ1) is 25.7. The largest absolute Gasteiger partial charge is 0.490 e. The Morgan fingerprint density at radius 1 is 1.12 bits per heavy atom. The van der Waals surface area contributed by atoms with Crippen LogP contribution in [0.3, 0.4) is 0 Å². The molecule has 0 saturated heterocycles. The van der Waals surface area contributed by atoms with Crippen LogP contribution in [0.25, 0.3) is 10.6 Å². The van der Waals surface area contributed by atoms with Gasteiger partial charge in [-0.1, -0.05) is 25.1 Å². The molecule has 0 bridgehead atoms. The van der Waals surface area contributed by atoms with Crippen LogP contribution in [-0.4, -0.2) is 22.2 Å². The van der Waals surface area contributed by atoms with Gasteiger partial charge in [-0.05, 0) is 69.0 Å². The van der Waals surface area contributed by atoms with Crippen molar-refractivity contribution in [2.75, 3.05) is 0 Å². The number of thiazole rings is 1. The molecule has 0 aliphatic carbocycles. The number of benzene rings is 2. The van der Waals surface area contributed by atoms with Crippen molar-refractivity contribution in [1.82, 2.24) is 4.98 Å². The highest BCUT2D eigenvalue weighted by Crippen LogP contribution is 2.33. The summed E-state index contributed by atoms with van der Waals surface area (Å²) in [5.41, 5.74) is 2.79. The molecule has 0 spiro atoms. The lowest BCUT2D eigenvalue weighted by Gasteiger charge is -2.17. The van der Waals surface area contributed by atoms with E-state index >= 15 is 0 Å². The zero-order valence-electron chi connectivity index (χ0n) is 19.6. The lowest BCUT2D eigenvalue weighted by atomic mass is 9.94. The van der Waals surface area contributed by atoms with E-state index in [1.54, 1.807) is 0 Å². The molecule has 0 aliphatic heterocycles. The van der Waals surface area contributed by atoms with E-state index in [9.17, 15) is 23.1 Å². The number of carboxylic acids is 1. The van der Waals surface area contributed by atoms with Gasteiger partial charge >= 0.3 is 12.1 Å². The number of carbonyl (C=O) groups is 1. The number of hydrogen-bond acceptors (Lipinski definition) is 4. The van der Waals surface area contributed by atoms with Gasteiger partial charge in [0, 0.05) is 16.9 Å². The number of hydrogen-bond donors (Lipinski definition) is 1. The van der Waals surface area contributed by atoms with Crippen LogP contribution in [-0.2, 0) is 23.8 Å². The summed E-state index contributed by atoms with van der Waals surface area (Å²) in [6.45, 7) is 7.66. The van der Waals surface area contributed by atoms with Crippen LogP contribution in [0, 0.1) is 19.8 Å². The maximum absolute atomic E-state index is 12.8. The number of aryl methyl sites for hydroxylation is 2.